The minimum absolute atomic E-state index is 0.0265. The van der Waals surface area contributed by atoms with Gasteiger partial charge in [0.25, 0.3) is 0 Å². The molecule has 6 aliphatic carbocycles. The van der Waals surface area contributed by atoms with E-state index in [4.69, 9.17) is 0 Å². The third kappa shape index (κ3) is 4.75. The molecule has 0 unspecified atom stereocenters. The number of rotatable bonds is 8. The van der Waals surface area contributed by atoms with Gasteiger partial charge in [0, 0.05) is 18.4 Å². The summed E-state index contributed by atoms with van der Waals surface area (Å²) in [6.07, 6.45) is 12.7. The zero-order valence-electron chi connectivity index (χ0n) is 30.0. The van der Waals surface area contributed by atoms with Gasteiger partial charge in [0.15, 0.2) is 5.78 Å². The van der Waals surface area contributed by atoms with Gasteiger partial charge in [-0.05, 0) is 144 Å². The number of carboxylic acid groups (broad SMARTS) is 1. The number of nitrogens with one attached hydrogen (secondary N) is 1. The number of aromatic carboxylic acids is 1. The van der Waals surface area contributed by atoms with Crippen molar-refractivity contribution in [1.82, 2.24) is 5.32 Å². The molecule has 0 saturated heterocycles. The normalized spacial score (nSPS) is 39.9. The maximum Gasteiger partial charge on any atom is 0.335 e. The van der Waals surface area contributed by atoms with Crippen LogP contribution in [0.3, 0.4) is 0 Å². The molecular weight excluding hydrogens is 582 g/mol. The van der Waals surface area contributed by atoms with Crippen LogP contribution in [-0.2, 0) is 4.79 Å². The summed E-state index contributed by atoms with van der Waals surface area (Å²) in [5.41, 5.74) is 5.23. The maximum absolute atomic E-state index is 13.9. The van der Waals surface area contributed by atoms with Crippen molar-refractivity contribution in [2.45, 2.75) is 119 Å². The van der Waals surface area contributed by atoms with E-state index >= 15 is 0 Å². The molecule has 0 radical (unpaired) electrons. The van der Waals surface area contributed by atoms with Crippen molar-refractivity contribution < 1.29 is 19.8 Å². The lowest BCUT2D eigenvalue weighted by Crippen LogP contribution is -2.64. The maximum atomic E-state index is 13.9. The molecule has 5 nitrogen and oxygen atoms in total. The first kappa shape index (κ1) is 33.3. The predicted octanol–water partition coefficient (Wildman–Crippen LogP) is 8.72. The van der Waals surface area contributed by atoms with E-state index in [0.717, 1.165) is 49.3 Å². The summed E-state index contributed by atoms with van der Waals surface area (Å²) in [6.45, 7) is 18.6. The number of Topliss-reactive ketones (excluding diaryl/α,β-unsaturated/α-hetero) is 1. The van der Waals surface area contributed by atoms with Crippen molar-refractivity contribution in [2.24, 2.45) is 56.7 Å². The fourth-order valence-electron chi connectivity index (χ4n) is 12.9. The number of aliphatic hydroxyl groups excluding tert-OH is 1. The number of ketones is 1. The molecule has 8 atom stereocenters. The van der Waals surface area contributed by atoms with Crippen molar-refractivity contribution >= 4 is 17.3 Å². The second-order valence-corrected chi connectivity index (χ2v) is 18.4. The van der Waals surface area contributed by atoms with Crippen LogP contribution in [0.1, 0.15) is 129 Å². The molecular formula is C42H59NO4. The van der Waals surface area contributed by atoms with Crippen LogP contribution in [-0.4, -0.2) is 41.2 Å². The number of carbonyl (C=O) groups is 2. The summed E-state index contributed by atoms with van der Waals surface area (Å²) >= 11 is 0. The molecule has 0 aromatic heterocycles. The predicted molar refractivity (Wildman–Crippen MR) is 188 cm³/mol. The van der Waals surface area contributed by atoms with E-state index in [-0.39, 0.29) is 27.6 Å². The number of carbonyl (C=O) groups excluding carboxylic acids is 1. The van der Waals surface area contributed by atoms with Gasteiger partial charge in [0.1, 0.15) is 0 Å². The highest BCUT2D eigenvalue weighted by Crippen LogP contribution is 2.77. The van der Waals surface area contributed by atoms with Crippen LogP contribution >= 0.6 is 0 Å². The molecule has 0 heterocycles. The molecule has 256 valence electrons. The molecule has 0 spiro atoms. The van der Waals surface area contributed by atoms with E-state index < -0.39 is 17.5 Å². The number of carboxylic acids is 1. The van der Waals surface area contributed by atoms with Gasteiger partial charge in [-0.2, -0.15) is 0 Å². The fraction of sp³-hybridized carbons (Fsp3) is 0.714. The number of fused-ring (bicyclic) bond motifs is 7. The zero-order valence-corrected chi connectivity index (χ0v) is 30.0. The molecule has 1 aromatic rings. The van der Waals surface area contributed by atoms with Crippen LogP contribution in [0.2, 0.25) is 0 Å². The Bertz CT molecular complexity index is 1510. The minimum Gasteiger partial charge on any atom is -0.478 e. The van der Waals surface area contributed by atoms with E-state index in [2.05, 4.69) is 59.9 Å². The number of hydrogen-bond donors (Lipinski definition) is 3. The molecule has 4 saturated carbocycles. The Hall–Kier alpha value is -2.24. The van der Waals surface area contributed by atoms with Crippen LogP contribution in [0.5, 0.6) is 0 Å². The quantitative estimate of drug-likeness (QED) is 0.264. The van der Waals surface area contributed by atoms with Gasteiger partial charge in [0.05, 0.1) is 11.7 Å². The standard InChI is InChI=1S/C42H59NO4/c1-25(2)35-31(44)22-42(34(45)24-43-23-26-8-9-26)21-20-40(6)30(36(35)42)14-15-33-39(5)18-16-29(27-10-12-28(13-11-27)37(46)47)38(3,4)32(39)17-19-41(33,40)7/h10-13,16,25-26,30,32-34,43,45H,8-9,14-15,17-24H2,1-7H3,(H,46,47)/t30-,32+,33-,34+,39+,40-,41-,42+/m1/s1. The molecule has 7 rings (SSSR count). The summed E-state index contributed by atoms with van der Waals surface area (Å²) in [4.78, 5) is 25.4. The summed E-state index contributed by atoms with van der Waals surface area (Å²) in [5, 5.41) is 25.0. The largest absolute Gasteiger partial charge is 0.478 e. The fourth-order valence-corrected chi connectivity index (χ4v) is 12.9. The topological polar surface area (TPSA) is 86.6 Å². The van der Waals surface area contributed by atoms with Gasteiger partial charge in [-0.1, -0.05) is 72.2 Å². The summed E-state index contributed by atoms with van der Waals surface area (Å²) in [5.74, 6) is 1.82. The summed E-state index contributed by atoms with van der Waals surface area (Å²) < 4.78 is 0. The first-order valence-corrected chi connectivity index (χ1v) is 18.8. The number of hydrogen-bond acceptors (Lipinski definition) is 4. The highest BCUT2D eigenvalue weighted by Gasteiger charge is 2.70. The average molecular weight is 642 g/mol. The molecule has 0 bridgehead atoms. The van der Waals surface area contributed by atoms with Crippen molar-refractivity contribution in [3.8, 4) is 0 Å². The highest BCUT2D eigenvalue weighted by molar-refractivity contribution is 6.00. The second kappa shape index (κ2) is 11.1. The SMILES string of the molecule is CC(C)C1=C2[C@H]3CC[C@@H]4[C@@]5(C)CC=C(c6ccc(C(=O)O)cc6)C(C)(C)[C@@H]5CC[C@@]4(C)[C@]3(C)CC[C@@]2([C@@H](O)CNCC2CC2)CC1=O. The lowest BCUT2D eigenvalue weighted by Gasteiger charge is -2.71. The van der Waals surface area contributed by atoms with Crippen LogP contribution in [0.25, 0.3) is 5.57 Å². The Morgan fingerprint density at radius 2 is 1.62 bits per heavy atom. The lowest BCUT2D eigenvalue weighted by atomic mass is 9.33. The van der Waals surface area contributed by atoms with E-state index in [1.165, 1.54) is 43.3 Å². The van der Waals surface area contributed by atoms with Crippen molar-refractivity contribution in [2.75, 3.05) is 13.1 Å². The van der Waals surface area contributed by atoms with Crippen molar-refractivity contribution in [3.63, 3.8) is 0 Å². The number of benzene rings is 1. The van der Waals surface area contributed by atoms with Crippen molar-refractivity contribution in [1.29, 1.82) is 0 Å². The number of aliphatic hydroxyl groups is 1. The monoisotopic (exact) mass is 641 g/mol. The third-order valence-corrected chi connectivity index (χ3v) is 15.6. The Morgan fingerprint density at radius 3 is 2.26 bits per heavy atom. The molecule has 47 heavy (non-hydrogen) atoms. The van der Waals surface area contributed by atoms with Gasteiger partial charge in [-0.3, -0.25) is 4.79 Å². The van der Waals surface area contributed by atoms with Crippen LogP contribution in [0, 0.1) is 56.7 Å². The smallest absolute Gasteiger partial charge is 0.335 e. The molecule has 3 N–H and O–H groups in total. The Labute approximate surface area is 283 Å². The lowest BCUT2D eigenvalue weighted by molar-refractivity contribution is -0.200. The van der Waals surface area contributed by atoms with E-state index in [1.807, 2.05) is 12.1 Å². The molecule has 0 amide bonds. The van der Waals surface area contributed by atoms with Crippen LogP contribution in [0.4, 0.5) is 0 Å². The second-order valence-electron chi connectivity index (χ2n) is 18.4. The van der Waals surface area contributed by atoms with Gasteiger partial charge in [0.2, 0.25) is 0 Å². The molecule has 6 aliphatic rings. The van der Waals surface area contributed by atoms with E-state index in [1.54, 1.807) is 12.1 Å². The van der Waals surface area contributed by atoms with Gasteiger partial charge < -0.3 is 15.5 Å². The molecule has 5 heteroatoms. The summed E-state index contributed by atoms with van der Waals surface area (Å²) in [7, 11) is 0. The van der Waals surface area contributed by atoms with Gasteiger partial charge in [-0.25, -0.2) is 4.79 Å². The Balaban J connectivity index is 1.23. The van der Waals surface area contributed by atoms with Crippen LogP contribution < -0.4 is 5.32 Å². The van der Waals surface area contributed by atoms with Gasteiger partial charge in [-0.15, -0.1) is 0 Å². The zero-order chi connectivity index (χ0) is 33.7. The van der Waals surface area contributed by atoms with Gasteiger partial charge >= 0.3 is 5.97 Å². The number of allylic oxidation sites excluding steroid dienone is 3. The van der Waals surface area contributed by atoms with Crippen molar-refractivity contribution in [3.05, 3.63) is 52.6 Å². The molecule has 1 aromatic carbocycles. The Kier molecular flexibility index (Phi) is 7.88. The van der Waals surface area contributed by atoms with Crippen LogP contribution in [0.15, 0.2) is 41.5 Å². The Morgan fingerprint density at radius 1 is 0.915 bits per heavy atom. The first-order chi connectivity index (χ1) is 22.1. The summed E-state index contributed by atoms with van der Waals surface area (Å²) in [6, 6.07) is 7.51. The van der Waals surface area contributed by atoms with E-state index in [9.17, 15) is 19.8 Å². The average Bonchev–Trinajstić information content (AvgIpc) is 3.77. The van der Waals surface area contributed by atoms with E-state index in [0.29, 0.717) is 42.1 Å². The first-order valence-electron chi connectivity index (χ1n) is 18.8. The molecule has 0 aliphatic heterocycles. The molecule has 4 fully saturated rings. The third-order valence-electron chi connectivity index (χ3n) is 15.6. The minimum atomic E-state index is -0.880. The highest BCUT2D eigenvalue weighted by atomic mass is 16.4.